The molecule has 166 valence electrons. The van der Waals surface area contributed by atoms with Crippen LogP contribution in [0.2, 0.25) is 0 Å². The maximum Gasteiger partial charge on any atom is 0.321 e. The van der Waals surface area contributed by atoms with Gasteiger partial charge in [0.25, 0.3) is 5.56 Å². The van der Waals surface area contributed by atoms with E-state index in [9.17, 15) is 14.4 Å². The lowest BCUT2D eigenvalue weighted by Gasteiger charge is -2.16. The molecule has 0 aliphatic heterocycles. The molecule has 3 heterocycles. The summed E-state index contributed by atoms with van der Waals surface area (Å²) >= 11 is 4.22. The molecule has 3 amide bonds. The van der Waals surface area contributed by atoms with Crippen LogP contribution in [0.4, 0.5) is 4.79 Å². The van der Waals surface area contributed by atoms with Crippen molar-refractivity contribution in [2.45, 2.75) is 51.1 Å². The van der Waals surface area contributed by atoms with E-state index in [4.69, 9.17) is 4.98 Å². The molecule has 0 aromatic carbocycles. The lowest BCUT2D eigenvalue weighted by atomic mass is 10.1. The van der Waals surface area contributed by atoms with Gasteiger partial charge in [-0.15, -0.1) is 22.7 Å². The number of fused-ring (bicyclic) bond motifs is 1. The first-order valence-electron chi connectivity index (χ1n) is 10.1. The van der Waals surface area contributed by atoms with Crippen LogP contribution >= 0.6 is 34.4 Å². The molecule has 0 spiro atoms. The fourth-order valence-corrected chi connectivity index (χ4v) is 5.66. The van der Waals surface area contributed by atoms with Crippen LogP contribution in [0.15, 0.2) is 32.8 Å². The van der Waals surface area contributed by atoms with Gasteiger partial charge in [0.05, 0.1) is 10.6 Å². The predicted octanol–water partition coefficient (Wildman–Crippen LogP) is 4.56. The molecule has 0 saturated carbocycles. The number of nitrogens with zero attached hydrogens (tertiary/aromatic N) is 2. The number of rotatable bonds is 8. The summed E-state index contributed by atoms with van der Waals surface area (Å²) in [5.74, 6) is -0.00990. The molecule has 0 bridgehead atoms. The first-order valence-corrected chi connectivity index (χ1v) is 12.8. The summed E-state index contributed by atoms with van der Waals surface area (Å²) in [4.78, 5) is 44.1. The number of aromatic nitrogens is 2. The minimum absolute atomic E-state index is 0.0888. The molecule has 3 rings (SSSR count). The van der Waals surface area contributed by atoms with Crippen molar-refractivity contribution in [2.75, 3.05) is 6.54 Å². The predicted molar refractivity (Wildman–Crippen MR) is 129 cm³/mol. The minimum atomic E-state index is -0.589. The van der Waals surface area contributed by atoms with Crippen LogP contribution in [0.1, 0.15) is 34.1 Å². The molecule has 3 aromatic rings. The second-order valence-electron chi connectivity index (χ2n) is 7.45. The fraction of sp³-hybridized carbons (Fsp3) is 0.429. The summed E-state index contributed by atoms with van der Waals surface area (Å²) in [5.41, 5.74) is 0.818. The Labute approximate surface area is 193 Å². The van der Waals surface area contributed by atoms with Gasteiger partial charge < -0.3 is 5.32 Å². The van der Waals surface area contributed by atoms with Gasteiger partial charge in [-0.05, 0) is 37.6 Å². The number of urea groups is 1. The van der Waals surface area contributed by atoms with Crippen LogP contribution in [0, 0.1) is 5.92 Å². The molecule has 0 aliphatic carbocycles. The van der Waals surface area contributed by atoms with Gasteiger partial charge in [-0.25, -0.2) is 9.78 Å². The first-order chi connectivity index (χ1) is 14.8. The van der Waals surface area contributed by atoms with Crippen LogP contribution in [0.25, 0.3) is 20.7 Å². The van der Waals surface area contributed by atoms with Crippen molar-refractivity contribution in [3.05, 3.63) is 33.2 Å². The summed E-state index contributed by atoms with van der Waals surface area (Å²) in [7, 11) is 0. The average Bonchev–Trinajstić information content (AvgIpc) is 3.37. The molecular formula is C21H26N4O3S3. The molecule has 2 N–H and O–H groups in total. The van der Waals surface area contributed by atoms with Crippen molar-refractivity contribution in [1.82, 2.24) is 20.2 Å². The molecule has 10 heteroatoms. The zero-order valence-corrected chi connectivity index (χ0v) is 20.4. The Morgan fingerprint density at radius 2 is 2.03 bits per heavy atom. The van der Waals surface area contributed by atoms with Crippen LogP contribution in [-0.4, -0.2) is 33.3 Å². The van der Waals surface area contributed by atoms with Crippen molar-refractivity contribution in [1.29, 1.82) is 0 Å². The smallest absolute Gasteiger partial charge is 0.321 e. The van der Waals surface area contributed by atoms with E-state index in [1.807, 2.05) is 22.9 Å². The zero-order chi connectivity index (χ0) is 22.5. The zero-order valence-electron chi connectivity index (χ0n) is 17.9. The van der Waals surface area contributed by atoms with Crippen molar-refractivity contribution in [3.63, 3.8) is 0 Å². The number of carbonyl (C=O) groups excluding carboxylic acids is 2. The van der Waals surface area contributed by atoms with Gasteiger partial charge in [0.1, 0.15) is 4.83 Å². The highest BCUT2D eigenvalue weighted by Gasteiger charge is 2.23. The molecule has 1 atom stereocenters. The molecule has 31 heavy (non-hydrogen) atoms. The van der Waals surface area contributed by atoms with E-state index in [1.165, 1.54) is 23.1 Å². The van der Waals surface area contributed by atoms with E-state index >= 15 is 0 Å². The quantitative estimate of drug-likeness (QED) is 0.366. The second-order valence-corrected chi connectivity index (χ2v) is 10.6. The van der Waals surface area contributed by atoms with Crippen molar-refractivity contribution in [3.8, 4) is 10.4 Å². The maximum atomic E-state index is 13.5. The number of thioether (sulfide) groups is 1. The SMILES string of the molecule is CCNC(=O)NC(=O)[C@H](C)Sc1nc2scc(-c3cccs3)c2c(=O)n1CCC(C)C. The Kier molecular flexibility index (Phi) is 7.90. The second kappa shape index (κ2) is 10.4. The third-order valence-corrected chi connectivity index (χ3v) is 7.47. The number of nitrogens with one attached hydrogen (secondary N) is 2. The number of amides is 3. The Balaban J connectivity index is 1.98. The van der Waals surface area contributed by atoms with Gasteiger partial charge in [-0.2, -0.15) is 0 Å². The van der Waals surface area contributed by atoms with Gasteiger partial charge in [0.15, 0.2) is 5.16 Å². The average molecular weight is 479 g/mol. The van der Waals surface area contributed by atoms with Gasteiger partial charge in [0.2, 0.25) is 5.91 Å². The van der Waals surface area contributed by atoms with E-state index in [-0.39, 0.29) is 5.56 Å². The van der Waals surface area contributed by atoms with Crippen LogP contribution < -0.4 is 16.2 Å². The first kappa shape index (κ1) is 23.5. The molecule has 0 saturated heterocycles. The number of hydrogen-bond donors (Lipinski definition) is 2. The summed E-state index contributed by atoms with van der Waals surface area (Å²) in [5, 5.41) is 9.36. The highest BCUT2D eigenvalue weighted by molar-refractivity contribution is 8.00. The van der Waals surface area contributed by atoms with E-state index in [0.29, 0.717) is 34.4 Å². The van der Waals surface area contributed by atoms with Gasteiger partial charge >= 0.3 is 6.03 Å². The largest absolute Gasteiger partial charge is 0.338 e. The van der Waals surface area contributed by atoms with Crippen molar-refractivity contribution < 1.29 is 9.59 Å². The van der Waals surface area contributed by atoms with Gasteiger partial charge in [-0.3, -0.25) is 19.5 Å². The number of carbonyl (C=O) groups is 2. The van der Waals surface area contributed by atoms with E-state index in [0.717, 1.165) is 16.9 Å². The van der Waals surface area contributed by atoms with Crippen LogP contribution in [0.5, 0.6) is 0 Å². The Hall–Kier alpha value is -2.17. The Bertz CT molecular complexity index is 1120. The molecule has 7 nitrogen and oxygen atoms in total. The van der Waals surface area contributed by atoms with E-state index in [1.54, 1.807) is 29.8 Å². The molecule has 0 unspecified atom stereocenters. The molecular weight excluding hydrogens is 452 g/mol. The third kappa shape index (κ3) is 5.55. The van der Waals surface area contributed by atoms with Crippen LogP contribution in [0.3, 0.4) is 0 Å². The summed E-state index contributed by atoms with van der Waals surface area (Å²) in [6, 6.07) is 3.44. The van der Waals surface area contributed by atoms with E-state index in [2.05, 4.69) is 24.5 Å². The maximum absolute atomic E-state index is 13.5. The highest BCUT2D eigenvalue weighted by atomic mass is 32.2. The summed E-state index contributed by atoms with van der Waals surface area (Å²) in [6.45, 7) is 8.64. The lowest BCUT2D eigenvalue weighted by molar-refractivity contribution is -0.119. The van der Waals surface area contributed by atoms with Crippen molar-refractivity contribution in [2.24, 2.45) is 5.92 Å². The summed E-state index contributed by atoms with van der Waals surface area (Å²) in [6.07, 6.45) is 0.818. The number of thiophene rings is 2. The topological polar surface area (TPSA) is 93.1 Å². The van der Waals surface area contributed by atoms with Crippen LogP contribution in [-0.2, 0) is 11.3 Å². The lowest BCUT2D eigenvalue weighted by Crippen LogP contribution is -2.42. The molecule has 3 aromatic heterocycles. The Morgan fingerprint density at radius 3 is 2.68 bits per heavy atom. The normalized spacial score (nSPS) is 12.3. The third-order valence-electron chi connectivity index (χ3n) is 4.60. The standard InChI is InChI=1S/C21H26N4O3S3/c1-5-22-20(28)23-17(26)13(4)31-21-24-18-16(19(27)25(21)9-8-12(2)3)14(11-30-18)15-7-6-10-29-15/h6-7,10-13H,5,8-9H2,1-4H3,(H2,22,23,26,28)/t13-/m0/s1. The molecule has 0 radical (unpaired) electrons. The van der Waals surface area contributed by atoms with E-state index < -0.39 is 17.2 Å². The van der Waals surface area contributed by atoms with Crippen molar-refractivity contribution >= 4 is 56.6 Å². The summed E-state index contributed by atoms with van der Waals surface area (Å²) < 4.78 is 1.67. The molecule has 0 aliphatic rings. The monoisotopic (exact) mass is 478 g/mol. The highest BCUT2D eigenvalue weighted by Crippen LogP contribution is 2.35. The van der Waals surface area contributed by atoms with Gasteiger partial charge in [0, 0.05) is 28.9 Å². The fourth-order valence-electron chi connectivity index (χ4n) is 2.92. The Morgan fingerprint density at radius 1 is 1.26 bits per heavy atom. The number of hydrogen-bond acceptors (Lipinski definition) is 7. The number of imide groups is 1. The minimum Gasteiger partial charge on any atom is -0.338 e. The van der Waals surface area contributed by atoms with Gasteiger partial charge in [-0.1, -0.05) is 31.7 Å². The molecule has 0 fully saturated rings.